The number of nitrogens with zero attached hydrogens (tertiary/aromatic N) is 2. The van der Waals surface area contributed by atoms with Crippen LogP contribution in [0, 0.1) is 13.8 Å². The number of aromatic amines is 1. The van der Waals surface area contributed by atoms with Crippen molar-refractivity contribution in [3.63, 3.8) is 0 Å². The number of fused-ring (bicyclic) bond motifs is 1. The lowest BCUT2D eigenvalue weighted by Crippen LogP contribution is -2.25. The van der Waals surface area contributed by atoms with E-state index in [1.807, 2.05) is 68.4 Å². The lowest BCUT2D eigenvalue weighted by Gasteiger charge is -2.13. The molecule has 7 nitrogen and oxygen atoms in total. The van der Waals surface area contributed by atoms with Crippen LogP contribution in [0.25, 0.3) is 11.0 Å². The maximum absolute atomic E-state index is 12.6. The number of benzene rings is 2. The van der Waals surface area contributed by atoms with Crippen molar-refractivity contribution in [1.29, 1.82) is 0 Å². The lowest BCUT2D eigenvalue weighted by molar-refractivity contribution is -0.121. The number of carbonyl (C=O) groups excluding carboxylic acids is 1. The minimum Gasteiger partial charge on any atom is -0.489 e. The first-order valence-corrected chi connectivity index (χ1v) is 11.0. The number of aryl methyl sites for hydroxylation is 3. The average molecular weight is 445 g/mol. The van der Waals surface area contributed by atoms with Gasteiger partial charge in [-0.2, -0.15) is 5.10 Å². The van der Waals surface area contributed by atoms with Gasteiger partial charge in [-0.1, -0.05) is 48.5 Å². The van der Waals surface area contributed by atoms with Crippen molar-refractivity contribution in [1.82, 2.24) is 20.1 Å². The van der Waals surface area contributed by atoms with E-state index in [0.29, 0.717) is 30.8 Å². The topological polar surface area (TPSA) is 89.0 Å². The molecule has 4 aromatic rings. The van der Waals surface area contributed by atoms with Gasteiger partial charge in [-0.15, -0.1) is 0 Å². The van der Waals surface area contributed by atoms with Gasteiger partial charge in [0.2, 0.25) is 5.91 Å². The minimum absolute atomic E-state index is 0.116. The van der Waals surface area contributed by atoms with E-state index in [0.717, 1.165) is 33.5 Å². The van der Waals surface area contributed by atoms with Crippen molar-refractivity contribution in [2.45, 2.75) is 39.8 Å². The molecule has 0 aliphatic heterocycles. The van der Waals surface area contributed by atoms with Gasteiger partial charge in [0.25, 0.3) is 5.56 Å². The number of H-pyrrole nitrogens is 1. The number of hydrogen-bond donors (Lipinski definition) is 2. The number of hydrogen-bond acceptors (Lipinski definition) is 4. The smallest absolute Gasteiger partial charge is 0.253 e. The standard InChI is InChI=1S/C26H28N4O3/c1-17-21(26(32)28-25-24(17)18(2)29-30(25)3)13-14-23(31)27-15-20-11-7-8-12-22(20)33-16-19-9-5-4-6-10-19/h4-12H,13-16H2,1-3H3,(H,27,31)(H,28,32). The average Bonchev–Trinajstić information content (AvgIpc) is 3.10. The molecule has 33 heavy (non-hydrogen) atoms. The summed E-state index contributed by atoms with van der Waals surface area (Å²) in [5, 5.41) is 8.28. The van der Waals surface area contributed by atoms with E-state index in [1.165, 1.54) is 0 Å². The second kappa shape index (κ2) is 9.73. The van der Waals surface area contributed by atoms with Crippen LogP contribution in [0.15, 0.2) is 59.4 Å². The third-order valence-electron chi connectivity index (χ3n) is 5.84. The van der Waals surface area contributed by atoms with Crippen LogP contribution in [0.1, 0.15) is 34.4 Å². The predicted molar refractivity (Wildman–Crippen MR) is 128 cm³/mol. The van der Waals surface area contributed by atoms with Crippen LogP contribution < -0.4 is 15.6 Å². The molecule has 0 bridgehead atoms. The summed E-state index contributed by atoms with van der Waals surface area (Å²) in [6.45, 7) is 4.66. The van der Waals surface area contributed by atoms with Gasteiger partial charge in [-0.3, -0.25) is 14.3 Å². The van der Waals surface area contributed by atoms with Gasteiger partial charge in [0.1, 0.15) is 18.0 Å². The van der Waals surface area contributed by atoms with E-state index < -0.39 is 0 Å². The Hall–Kier alpha value is -3.87. The van der Waals surface area contributed by atoms with Crippen LogP contribution in [-0.2, 0) is 31.4 Å². The number of rotatable bonds is 8. The highest BCUT2D eigenvalue weighted by Crippen LogP contribution is 2.22. The van der Waals surface area contributed by atoms with Crippen LogP contribution in [0.2, 0.25) is 0 Å². The molecule has 2 heterocycles. The molecule has 0 aliphatic carbocycles. The first-order valence-electron chi connectivity index (χ1n) is 11.0. The lowest BCUT2D eigenvalue weighted by atomic mass is 10.0. The Labute approximate surface area is 192 Å². The highest BCUT2D eigenvalue weighted by Gasteiger charge is 2.16. The fourth-order valence-corrected chi connectivity index (χ4v) is 4.10. The third kappa shape index (κ3) is 4.98. The summed E-state index contributed by atoms with van der Waals surface area (Å²) in [7, 11) is 1.80. The van der Waals surface area contributed by atoms with E-state index in [-0.39, 0.29) is 17.9 Å². The zero-order chi connectivity index (χ0) is 23.4. The first-order chi connectivity index (χ1) is 15.9. The molecule has 0 unspecified atom stereocenters. The number of para-hydroxylation sites is 1. The Balaban J connectivity index is 1.38. The molecule has 0 saturated heterocycles. The maximum Gasteiger partial charge on any atom is 0.253 e. The summed E-state index contributed by atoms with van der Waals surface area (Å²) in [4.78, 5) is 28.1. The molecule has 2 aromatic carbocycles. The molecule has 0 spiro atoms. The van der Waals surface area contributed by atoms with Gasteiger partial charge in [0.15, 0.2) is 0 Å². The Morgan fingerprint density at radius 3 is 2.61 bits per heavy atom. The molecule has 2 N–H and O–H groups in total. The summed E-state index contributed by atoms with van der Waals surface area (Å²) >= 11 is 0. The van der Waals surface area contributed by atoms with Crippen molar-refractivity contribution in [3.8, 4) is 5.75 Å². The summed E-state index contributed by atoms with van der Waals surface area (Å²) in [5.74, 6) is 0.626. The summed E-state index contributed by atoms with van der Waals surface area (Å²) < 4.78 is 7.64. The van der Waals surface area contributed by atoms with Crippen LogP contribution in [0.5, 0.6) is 5.75 Å². The molecular weight excluding hydrogens is 416 g/mol. The van der Waals surface area contributed by atoms with Crippen LogP contribution in [0.3, 0.4) is 0 Å². The molecule has 170 valence electrons. The number of nitrogens with one attached hydrogen (secondary N) is 2. The van der Waals surface area contributed by atoms with Crippen molar-refractivity contribution in [3.05, 3.63) is 92.9 Å². The van der Waals surface area contributed by atoms with E-state index in [2.05, 4.69) is 15.4 Å². The normalized spacial score (nSPS) is 11.0. The van der Waals surface area contributed by atoms with Crippen LogP contribution in [0.4, 0.5) is 0 Å². The molecule has 0 saturated carbocycles. The summed E-state index contributed by atoms with van der Waals surface area (Å²) in [6.07, 6.45) is 0.588. The second-order valence-electron chi connectivity index (χ2n) is 8.15. The van der Waals surface area contributed by atoms with Gasteiger partial charge in [-0.05, 0) is 37.5 Å². The Kier molecular flexibility index (Phi) is 6.58. The predicted octanol–water partition coefficient (Wildman–Crippen LogP) is 3.71. The van der Waals surface area contributed by atoms with E-state index in [4.69, 9.17) is 4.74 Å². The van der Waals surface area contributed by atoms with Gasteiger partial charge in [0.05, 0.1) is 5.69 Å². The number of ether oxygens (including phenoxy) is 1. The maximum atomic E-state index is 12.6. The monoisotopic (exact) mass is 444 g/mol. The SMILES string of the molecule is Cc1nn(C)c2[nH]c(=O)c(CCC(=O)NCc3ccccc3OCc3ccccc3)c(C)c12. The zero-order valence-corrected chi connectivity index (χ0v) is 19.1. The second-order valence-corrected chi connectivity index (χ2v) is 8.15. The summed E-state index contributed by atoms with van der Waals surface area (Å²) in [6, 6.07) is 17.6. The Bertz CT molecular complexity index is 1340. The van der Waals surface area contributed by atoms with Crippen molar-refractivity contribution < 1.29 is 9.53 Å². The van der Waals surface area contributed by atoms with Crippen LogP contribution in [-0.4, -0.2) is 20.7 Å². The van der Waals surface area contributed by atoms with Crippen LogP contribution >= 0.6 is 0 Å². The van der Waals surface area contributed by atoms with Gasteiger partial charge < -0.3 is 15.0 Å². The Morgan fingerprint density at radius 1 is 1.09 bits per heavy atom. The largest absolute Gasteiger partial charge is 0.489 e. The van der Waals surface area contributed by atoms with Crippen molar-refractivity contribution in [2.75, 3.05) is 0 Å². The van der Waals surface area contributed by atoms with Gasteiger partial charge in [-0.25, -0.2) is 0 Å². The van der Waals surface area contributed by atoms with E-state index >= 15 is 0 Å². The molecule has 0 aliphatic rings. The number of pyridine rings is 1. The number of carbonyl (C=O) groups is 1. The molecular formula is C26H28N4O3. The third-order valence-corrected chi connectivity index (χ3v) is 5.84. The zero-order valence-electron chi connectivity index (χ0n) is 19.1. The molecule has 0 fully saturated rings. The highest BCUT2D eigenvalue weighted by molar-refractivity contribution is 5.83. The number of aromatic nitrogens is 3. The fourth-order valence-electron chi connectivity index (χ4n) is 4.10. The summed E-state index contributed by atoms with van der Waals surface area (Å²) in [5.41, 5.74) is 4.89. The van der Waals surface area contributed by atoms with Gasteiger partial charge >= 0.3 is 0 Å². The highest BCUT2D eigenvalue weighted by atomic mass is 16.5. The quantitative estimate of drug-likeness (QED) is 0.434. The molecule has 1 amide bonds. The number of amides is 1. The fraction of sp³-hybridized carbons (Fsp3) is 0.269. The molecule has 0 radical (unpaired) electrons. The first kappa shape index (κ1) is 22.3. The van der Waals surface area contributed by atoms with Crippen molar-refractivity contribution >= 4 is 16.9 Å². The molecule has 7 heteroatoms. The molecule has 2 aromatic heterocycles. The van der Waals surface area contributed by atoms with E-state index in [9.17, 15) is 9.59 Å². The molecule has 0 atom stereocenters. The van der Waals surface area contributed by atoms with Crippen molar-refractivity contribution in [2.24, 2.45) is 7.05 Å². The van der Waals surface area contributed by atoms with Gasteiger partial charge in [0, 0.05) is 36.5 Å². The van der Waals surface area contributed by atoms with E-state index in [1.54, 1.807) is 11.7 Å². The minimum atomic E-state index is -0.171. The molecule has 4 rings (SSSR count). The Morgan fingerprint density at radius 2 is 1.82 bits per heavy atom.